The molecule has 0 bridgehead atoms. The summed E-state index contributed by atoms with van der Waals surface area (Å²) in [5.74, 6) is 1.06. The molecule has 0 aliphatic rings. The highest BCUT2D eigenvalue weighted by Gasteiger charge is 2.13. The molecule has 2 aromatic carbocycles. The lowest BCUT2D eigenvalue weighted by Gasteiger charge is -2.10. The number of rotatable bonds is 5. The quantitative estimate of drug-likeness (QED) is 0.420. The van der Waals surface area contributed by atoms with Gasteiger partial charge in [-0.05, 0) is 44.2 Å². The smallest absolute Gasteiger partial charge is 0.230 e. The van der Waals surface area contributed by atoms with Crippen LogP contribution in [0, 0.1) is 19.7 Å². The van der Waals surface area contributed by atoms with Crippen molar-refractivity contribution in [3.05, 3.63) is 78.1 Å². The number of aromatic nitrogens is 6. The average molecular weight is 441 g/mol. The zero-order valence-electron chi connectivity index (χ0n) is 18.2. The number of nitrogens with one attached hydrogen (secondary N) is 1. The highest BCUT2D eigenvalue weighted by Crippen LogP contribution is 2.27. The van der Waals surface area contributed by atoms with Crippen molar-refractivity contribution < 1.29 is 9.13 Å². The lowest BCUT2D eigenvalue weighted by molar-refractivity contribution is 0.419. The van der Waals surface area contributed by atoms with E-state index in [1.807, 2.05) is 38.2 Å². The number of ether oxygens (including phenoxy) is 1. The molecule has 8 nitrogen and oxygen atoms in total. The summed E-state index contributed by atoms with van der Waals surface area (Å²) < 4.78 is 20.7. The number of benzene rings is 2. The van der Waals surface area contributed by atoms with Gasteiger partial charge in [0.15, 0.2) is 0 Å². The van der Waals surface area contributed by atoms with Gasteiger partial charge in [-0.25, -0.2) is 29.0 Å². The van der Waals surface area contributed by atoms with Crippen LogP contribution in [0.5, 0.6) is 5.75 Å². The van der Waals surface area contributed by atoms with E-state index in [2.05, 4.69) is 30.4 Å². The largest absolute Gasteiger partial charge is 0.494 e. The molecular weight excluding hydrogens is 421 g/mol. The molecule has 0 unspecified atom stereocenters. The van der Waals surface area contributed by atoms with Gasteiger partial charge in [0, 0.05) is 23.3 Å². The molecule has 5 rings (SSSR count). The number of hydrogen-bond donors (Lipinski definition) is 1. The van der Waals surface area contributed by atoms with Crippen molar-refractivity contribution in [3.63, 3.8) is 0 Å². The summed E-state index contributed by atoms with van der Waals surface area (Å²) in [5.41, 5.74) is 4.38. The molecule has 0 atom stereocenters. The Morgan fingerprint density at radius 1 is 0.939 bits per heavy atom. The van der Waals surface area contributed by atoms with E-state index >= 15 is 0 Å². The minimum atomic E-state index is -0.321. The van der Waals surface area contributed by atoms with Gasteiger partial charge >= 0.3 is 0 Å². The molecule has 0 amide bonds. The van der Waals surface area contributed by atoms with Gasteiger partial charge in [-0.3, -0.25) is 5.32 Å². The second kappa shape index (κ2) is 8.27. The molecule has 0 saturated heterocycles. The third kappa shape index (κ3) is 3.96. The zero-order valence-corrected chi connectivity index (χ0v) is 18.2. The Balaban J connectivity index is 1.49. The van der Waals surface area contributed by atoms with Crippen molar-refractivity contribution in [2.45, 2.75) is 13.8 Å². The van der Waals surface area contributed by atoms with Gasteiger partial charge in [0.1, 0.15) is 17.1 Å². The Morgan fingerprint density at radius 2 is 1.79 bits per heavy atom. The Kier molecular flexibility index (Phi) is 5.14. The summed E-state index contributed by atoms with van der Waals surface area (Å²) in [4.78, 5) is 18.1. The fourth-order valence-electron chi connectivity index (χ4n) is 3.63. The Bertz CT molecular complexity index is 1480. The number of anilines is 2. The van der Waals surface area contributed by atoms with Gasteiger partial charge in [0.05, 0.1) is 29.9 Å². The molecule has 9 heteroatoms. The molecule has 0 saturated carbocycles. The van der Waals surface area contributed by atoms with Crippen LogP contribution in [0.25, 0.3) is 27.8 Å². The van der Waals surface area contributed by atoms with E-state index in [4.69, 9.17) is 4.74 Å². The van der Waals surface area contributed by atoms with E-state index < -0.39 is 0 Å². The molecule has 0 aliphatic carbocycles. The van der Waals surface area contributed by atoms with Crippen LogP contribution in [-0.2, 0) is 0 Å². The Morgan fingerprint density at radius 3 is 2.61 bits per heavy atom. The first-order valence-electron chi connectivity index (χ1n) is 10.3. The van der Waals surface area contributed by atoms with Crippen LogP contribution >= 0.6 is 0 Å². The van der Waals surface area contributed by atoms with Crippen molar-refractivity contribution >= 4 is 22.8 Å². The van der Waals surface area contributed by atoms with Gasteiger partial charge in [0.25, 0.3) is 0 Å². The Hall–Kier alpha value is -4.40. The van der Waals surface area contributed by atoms with Crippen molar-refractivity contribution in [1.82, 2.24) is 29.7 Å². The second-order valence-electron chi connectivity index (χ2n) is 7.43. The molecule has 0 fully saturated rings. The van der Waals surface area contributed by atoms with E-state index in [-0.39, 0.29) is 5.82 Å². The number of halogens is 1. The molecule has 3 aromatic heterocycles. The summed E-state index contributed by atoms with van der Waals surface area (Å²) in [7, 11) is 1.61. The maximum Gasteiger partial charge on any atom is 0.230 e. The van der Waals surface area contributed by atoms with Crippen LogP contribution in [-0.4, -0.2) is 36.8 Å². The molecule has 3 heterocycles. The van der Waals surface area contributed by atoms with Crippen LogP contribution in [0.3, 0.4) is 0 Å². The summed E-state index contributed by atoms with van der Waals surface area (Å²) in [5, 5.41) is 8.51. The predicted molar refractivity (Wildman–Crippen MR) is 123 cm³/mol. The first kappa shape index (κ1) is 20.5. The van der Waals surface area contributed by atoms with E-state index in [1.165, 1.54) is 12.1 Å². The van der Waals surface area contributed by atoms with Gasteiger partial charge in [-0.1, -0.05) is 18.2 Å². The highest BCUT2D eigenvalue weighted by molar-refractivity contribution is 5.87. The molecule has 0 radical (unpaired) electrons. The van der Waals surface area contributed by atoms with E-state index in [0.29, 0.717) is 34.5 Å². The zero-order chi connectivity index (χ0) is 22.9. The minimum Gasteiger partial charge on any atom is -0.494 e. The highest BCUT2D eigenvalue weighted by atomic mass is 19.1. The summed E-state index contributed by atoms with van der Waals surface area (Å²) in [6.07, 6.45) is 3.47. The summed E-state index contributed by atoms with van der Waals surface area (Å²) in [6.45, 7) is 3.79. The molecule has 0 spiro atoms. The first-order chi connectivity index (χ1) is 16.0. The number of aryl methyl sites for hydroxylation is 2. The Labute approximate surface area is 189 Å². The van der Waals surface area contributed by atoms with Crippen molar-refractivity contribution in [1.29, 1.82) is 0 Å². The monoisotopic (exact) mass is 441 g/mol. The number of fused-ring (bicyclic) bond motifs is 1. The summed E-state index contributed by atoms with van der Waals surface area (Å²) in [6, 6.07) is 13.8. The van der Waals surface area contributed by atoms with E-state index in [1.54, 1.807) is 36.2 Å². The average Bonchev–Trinajstić information content (AvgIpc) is 3.21. The first-order valence-corrected chi connectivity index (χ1v) is 10.3. The summed E-state index contributed by atoms with van der Waals surface area (Å²) >= 11 is 0. The van der Waals surface area contributed by atoms with E-state index in [9.17, 15) is 4.39 Å². The van der Waals surface area contributed by atoms with Gasteiger partial charge in [0.2, 0.25) is 11.9 Å². The molecular formula is C24H20FN7O. The lowest BCUT2D eigenvalue weighted by atomic mass is 10.2. The number of para-hydroxylation sites is 1. The fourth-order valence-corrected chi connectivity index (χ4v) is 3.63. The van der Waals surface area contributed by atoms with Crippen LogP contribution in [0.1, 0.15) is 11.4 Å². The fraction of sp³-hybridized carbons (Fsp3) is 0.125. The second-order valence-corrected chi connectivity index (χ2v) is 7.43. The SMILES string of the molecule is COc1cccc2c(C)nc(Nc3nccc(-c4cn(-c5cccc(F)c5)nc4C)n3)nc12. The lowest BCUT2D eigenvalue weighted by Crippen LogP contribution is -2.04. The molecule has 33 heavy (non-hydrogen) atoms. The van der Waals surface area contributed by atoms with Crippen LogP contribution in [0.15, 0.2) is 60.9 Å². The van der Waals surface area contributed by atoms with E-state index in [0.717, 1.165) is 22.3 Å². The van der Waals surface area contributed by atoms with Crippen molar-refractivity contribution in [2.75, 3.05) is 12.4 Å². The maximum absolute atomic E-state index is 13.6. The molecule has 0 aliphatic heterocycles. The number of methoxy groups -OCH3 is 1. The third-order valence-electron chi connectivity index (χ3n) is 5.23. The predicted octanol–water partition coefficient (Wildman–Crippen LogP) is 4.78. The van der Waals surface area contributed by atoms with Crippen molar-refractivity contribution in [2.24, 2.45) is 0 Å². The molecule has 164 valence electrons. The van der Waals surface area contributed by atoms with Crippen molar-refractivity contribution in [3.8, 4) is 22.7 Å². The third-order valence-corrected chi connectivity index (χ3v) is 5.23. The number of nitrogens with zero attached hydrogens (tertiary/aromatic N) is 6. The normalized spacial score (nSPS) is 11.0. The molecule has 1 N–H and O–H groups in total. The standard InChI is InChI=1S/C24H20FN7O/c1-14-18-8-5-9-21(33-3)22(18)29-24(27-14)30-23-26-11-10-20(28-23)19-13-32(31-15(19)2)17-7-4-6-16(25)12-17/h4-13H,1-3H3,(H,26,27,28,29,30). The van der Waals surface area contributed by atoms with Gasteiger partial charge < -0.3 is 4.74 Å². The maximum atomic E-state index is 13.6. The van der Waals surface area contributed by atoms with Crippen LogP contribution in [0.2, 0.25) is 0 Å². The minimum absolute atomic E-state index is 0.321. The number of hydrogen-bond acceptors (Lipinski definition) is 7. The van der Waals surface area contributed by atoms with Gasteiger partial charge in [-0.15, -0.1) is 0 Å². The van der Waals surface area contributed by atoms with Crippen LogP contribution in [0.4, 0.5) is 16.3 Å². The van der Waals surface area contributed by atoms with Gasteiger partial charge in [-0.2, -0.15) is 5.10 Å². The topological polar surface area (TPSA) is 90.6 Å². The molecule has 5 aromatic rings. The van der Waals surface area contributed by atoms with Crippen LogP contribution < -0.4 is 10.1 Å².